The average molecular weight is 538 g/mol. The highest BCUT2D eigenvalue weighted by molar-refractivity contribution is 5.81. The number of esters is 1. The van der Waals surface area contributed by atoms with E-state index >= 15 is 0 Å². The summed E-state index contributed by atoms with van der Waals surface area (Å²) in [6.45, 7) is 4.27. The third-order valence-electron chi connectivity index (χ3n) is 8.40. The second kappa shape index (κ2) is 11.5. The molecule has 7 nitrogen and oxygen atoms in total. The van der Waals surface area contributed by atoms with Crippen LogP contribution in [0, 0.1) is 11.8 Å². The number of rotatable bonds is 7. The molecule has 1 saturated carbocycles. The summed E-state index contributed by atoms with van der Waals surface area (Å²) >= 11 is 0. The van der Waals surface area contributed by atoms with Crippen molar-refractivity contribution < 1.29 is 46.6 Å². The van der Waals surface area contributed by atoms with Gasteiger partial charge >= 0.3 is 12.1 Å². The zero-order chi connectivity index (χ0) is 27.4. The number of furan rings is 1. The Kier molecular flexibility index (Phi) is 8.52. The Balaban J connectivity index is 0.000000426. The number of hydrogen-bond acceptors (Lipinski definition) is 6. The SMILES string of the molecule is O=C(O[C@H]1C[N+]2(CCc3ccccc3)CCC1CC2)[C@@](O)(c1ccco1)C1CCCC1.O=C([O-])C(F)(F)F. The maximum absolute atomic E-state index is 13.4. The van der Waals surface area contributed by atoms with Gasteiger partial charge in [0.25, 0.3) is 0 Å². The first-order valence-corrected chi connectivity index (χ1v) is 13.2. The molecule has 1 aromatic heterocycles. The first kappa shape index (κ1) is 28.2. The third kappa shape index (κ3) is 6.23. The summed E-state index contributed by atoms with van der Waals surface area (Å²) in [7, 11) is 0. The van der Waals surface area contributed by atoms with Gasteiger partial charge in [-0.1, -0.05) is 43.2 Å². The van der Waals surface area contributed by atoms with Crippen LogP contribution in [-0.2, 0) is 26.3 Å². The molecule has 4 fully saturated rings. The van der Waals surface area contributed by atoms with E-state index in [1.165, 1.54) is 11.8 Å². The molecule has 4 heterocycles. The van der Waals surface area contributed by atoms with Crippen LogP contribution in [0.2, 0.25) is 0 Å². The number of carboxylic acids is 1. The Morgan fingerprint density at radius 2 is 1.66 bits per heavy atom. The normalized spacial score (nSPS) is 26.7. The van der Waals surface area contributed by atoms with Gasteiger partial charge in [-0.15, -0.1) is 0 Å². The summed E-state index contributed by atoms with van der Waals surface area (Å²) in [6, 6.07) is 14.1. The summed E-state index contributed by atoms with van der Waals surface area (Å²) < 4.78 is 44.2. The van der Waals surface area contributed by atoms with Crippen molar-refractivity contribution in [1.82, 2.24) is 0 Å². The minimum Gasteiger partial charge on any atom is -0.542 e. The first-order chi connectivity index (χ1) is 18.0. The standard InChI is InChI=1S/C26H34NO4.C2HF3O2/c28-25(26(29,22-9-4-5-10-22)24-11-6-18-30-24)31-23-19-27(16-13-21(23)14-17-27)15-12-20-7-2-1-3-8-20;3-2(4,5)1(6)7/h1-3,6-8,11,18,21-23,29H,4-5,9-10,12-17,19H2;(H,6,7)/q+1;/p-1/t21?,23-,26-,27?;/m0./s1. The number of hydrogen-bond donors (Lipinski definition) is 1. The van der Waals surface area contributed by atoms with E-state index in [0.717, 1.165) is 75.6 Å². The molecule has 2 atom stereocenters. The van der Waals surface area contributed by atoms with Gasteiger partial charge in [0.2, 0.25) is 5.60 Å². The van der Waals surface area contributed by atoms with Gasteiger partial charge in [0.15, 0.2) is 6.10 Å². The van der Waals surface area contributed by atoms with Crippen LogP contribution in [0.5, 0.6) is 0 Å². The molecule has 0 unspecified atom stereocenters. The topological polar surface area (TPSA) is 99.8 Å². The Morgan fingerprint density at radius 3 is 2.21 bits per heavy atom. The number of nitrogens with zero attached hydrogens (tertiary/aromatic N) is 1. The van der Waals surface area contributed by atoms with Crippen molar-refractivity contribution in [2.45, 2.75) is 62.8 Å². The molecule has 1 aromatic carbocycles. The van der Waals surface area contributed by atoms with Crippen LogP contribution in [0.15, 0.2) is 53.1 Å². The Bertz CT molecular complexity index is 1060. The number of carbonyl (C=O) groups excluding carboxylic acids is 2. The fourth-order valence-electron chi connectivity index (χ4n) is 6.21. The Hall–Kier alpha value is -2.85. The van der Waals surface area contributed by atoms with Crippen molar-refractivity contribution in [3.8, 4) is 0 Å². The van der Waals surface area contributed by atoms with Gasteiger partial charge in [0.05, 0.1) is 25.9 Å². The number of alkyl halides is 3. The molecule has 1 N–H and O–H groups in total. The predicted molar refractivity (Wildman–Crippen MR) is 128 cm³/mol. The lowest BCUT2D eigenvalue weighted by Crippen LogP contribution is -2.65. The van der Waals surface area contributed by atoms with E-state index in [2.05, 4.69) is 30.3 Å². The number of benzene rings is 1. The van der Waals surface area contributed by atoms with Crippen LogP contribution in [-0.4, -0.2) is 60.0 Å². The number of piperidine rings is 3. The van der Waals surface area contributed by atoms with Crippen LogP contribution in [0.3, 0.4) is 0 Å². The van der Waals surface area contributed by atoms with Crippen LogP contribution in [0.4, 0.5) is 13.2 Å². The van der Waals surface area contributed by atoms with Gasteiger partial charge < -0.3 is 28.6 Å². The fourth-order valence-corrected chi connectivity index (χ4v) is 6.21. The number of aliphatic hydroxyl groups is 1. The molecule has 208 valence electrons. The Morgan fingerprint density at radius 1 is 1.03 bits per heavy atom. The minimum atomic E-state index is -5.19. The zero-order valence-corrected chi connectivity index (χ0v) is 21.2. The second-order valence-corrected chi connectivity index (χ2v) is 10.7. The lowest BCUT2D eigenvalue weighted by Gasteiger charge is -2.52. The molecule has 38 heavy (non-hydrogen) atoms. The van der Waals surface area contributed by atoms with E-state index in [9.17, 15) is 23.1 Å². The van der Waals surface area contributed by atoms with E-state index in [1.807, 2.05) is 0 Å². The van der Waals surface area contributed by atoms with E-state index in [0.29, 0.717) is 11.7 Å². The van der Waals surface area contributed by atoms with Gasteiger partial charge in [0, 0.05) is 31.1 Å². The first-order valence-electron chi connectivity index (χ1n) is 13.2. The van der Waals surface area contributed by atoms with Crippen molar-refractivity contribution in [2.24, 2.45) is 11.8 Å². The van der Waals surface area contributed by atoms with Crippen molar-refractivity contribution in [2.75, 3.05) is 26.2 Å². The van der Waals surface area contributed by atoms with Crippen molar-refractivity contribution in [1.29, 1.82) is 0 Å². The molecular formula is C28H34F3NO6. The van der Waals surface area contributed by atoms with Crippen LogP contribution in [0.25, 0.3) is 0 Å². The number of aliphatic carboxylic acids is 1. The fraction of sp³-hybridized carbons (Fsp3) is 0.571. The lowest BCUT2D eigenvalue weighted by atomic mass is 9.81. The van der Waals surface area contributed by atoms with Crippen molar-refractivity contribution in [3.05, 3.63) is 60.1 Å². The number of fused-ring (bicyclic) bond motifs is 3. The highest BCUT2D eigenvalue weighted by atomic mass is 19.4. The molecule has 2 bridgehead atoms. The molecule has 3 saturated heterocycles. The summed E-state index contributed by atoms with van der Waals surface area (Å²) in [4.78, 5) is 22.2. The number of carbonyl (C=O) groups is 2. The van der Waals surface area contributed by atoms with E-state index in [4.69, 9.17) is 19.1 Å². The minimum absolute atomic E-state index is 0.117. The highest BCUT2D eigenvalue weighted by Crippen LogP contribution is 2.43. The highest BCUT2D eigenvalue weighted by Gasteiger charge is 2.54. The van der Waals surface area contributed by atoms with Crippen LogP contribution < -0.4 is 5.11 Å². The van der Waals surface area contributed by atoms with Gasteiger partial charge in [-0.05, 0) is 30.5 Å². The van der Waals surface area contributed by atoms with Gasteiger partial charge in [0.1, 0.15) is 18.3 Å². The molecule has 0 radical (unpaired) electrons. The Labute approximate surface area is 219 Å². The molecule has 10 heteroatoms. The molecule has 3 aliphatic heterocycles. The summed E-state index contributed by atoms with van der Waals surface area (Å²) in [5.74, 6) is -2.90. The van der Waals surface area contributed by atoms with Gasteiger partial charge in [-0.2, -0.15) is 13.2 Å². The predicted octanol–water partition coefficient (Wildman–Crippen LogP) is 3.35. The third-order valence-corrected chi connectivity index (χ3v) is 8.40. The number of carboxylic acid groups (broad SMARTS) is 1. The summed E-state index contributed by atoms with van der Waals surface area (Å²) in [6.07, 6.45) is 3.18. The molecule has 0 spiro atoms. The molecule has 6 rings (SSSR count). The second-order valence-electron chi connectivity index (χ2n) is 10.7. The largest absolute Gasteiger partial charge is 0.542 e. The van der Waals surface area contributed by atoms with Crippen LogP contribution in [0.1, 0.15) is 49.8 Å². The molecule has 2 aromatic rings. The number of ether oxygens (including phenoxy) is 1. The number of quaternary nitrogens is 1. The van der Waals surface area contributed by atoms with Gasteiger partial charge in [-0.3, -0.25) is 0 Å². The zero-order valence-electron chi connectivity index (χ0n) is 21.2. The maximum Gasteiger partial charge on any atom is 0.430 e. The molecule has 4 aliphatic rings. The quantitative estimate of drug-likeness (QED) is 0.430. The van der Waals surface area contributed by atoms with Crippen LogP contribution >= 0.6 is 0 Å². The lowest BCUT2D eigenvalue weighted by molar-refractivity contribution is -0.946. The molecule has 1 aliphatic carbocycles. The van der Waals surface area contributed by atoms with Crippen molar-refractivity contribution >= 4 is 11.9 Å². The van der Waals surface area contributed by atoms with E-state index in [1.54, 1.807) is 12.1 Å². The van der Waals surface area contributed by atoms with Crippen molar-refractivity contribution in [3.63, 3.8) is 0 Å². The van der Waals surface area contributed by atoms with Gasteiger partial charge in [-0.25, -0.2) is 4.79 Å². The summed E-state index contributed by atoms with van der Waals surface area (Å²) in [5.41, 5.74) is -0.300. The smallest absolute Gasteiger partial charge is 0.430 e. The van der Waals surface area contributed by atoms with E-state index < -0.39 is 23.7 Å². The monoisotopic (exact) mass is 537 g/mol. The number of halogens is 3. The molecular weight excluding hydrogens is 503 g/mol. The molecule has 0 amide bonds. The maximum atomic E-state index is 13.4. The van der Waals surface area contributed by atoms with E-state index in [-0.39, 0.29) is 12.0 Å². The summed E-state index contributed by atoms with van der Waals surface area (Å²) in [5, 5.41) is 20.4. The average Bonchev–Trinajstić information content (AvgIpc) is 3.64.